The van der Waals surface area contributed by atoms with Gasteiger partial charge in [0.2, 0.25) is 0 Å². The first kappa shape index (κ1) is 20.4. The van der Waals surface area contributed by atoms with E-state index >= 15 is 0 Å². The lowest BCUT2D eigenvalue weighted by atomic mass is 9.86. The molecule has 0 spiro atoms. The predicted molar refractivity (Wildman–Crippen MR) is 105 cm³/mol. The van der Waals surface area contributed by atoms with E-state index in [4.69, 9.17) is 15.9 Å². The van der Waals surface area contributed by atoms with Crippen LogP contribution in [0.1, 0.15) is 45.1 Å². The molecule has 5 heteroatoms. The van der Waals surface area contributed by atoms with Crippen molar-refractivity contribution in [1.29, 1.82) is 5.26 Å². The topological polar surface area (TPSA) is 71.3 Å². The van der Waals surface area contributed by atoms with Crippen molar-refractivity contribution in [3.63, 3.8) is 0 Å². The van der Waals surface area contributed by atoms with E-state index in [9.17, 15) is 10.1 Å². The van der Waals surface area contributed by atoms with Gasteiger partial charge >= 0.3 is 0 Å². The third kappa shape index (κ3) is 5.79. The van der Waals surface area contributed by atoms with E-state index in [2.05, 4.69) is 18.2 Å². The number of nitriles is 1. The van der Waals surface area contributed by atoms with Crippen LogP contribution in [0.3, 0.4) is 0 Å². The van der Waals surface area contributed by atoms with Gasteiger partial charge in [-0.15, -0.1) is 6.42 Å². The van der Waals surface area contributed by atoms with Crippen molar-refractivity contribution in [2.24, 2.45) is 5.92 Å². The molecule has 0 saturated heterocycles. The van der Waals surface area contributed by atoms with Gasteiger partial charge in [-0.2, -0.15) is 5.26 Å². The zero-order valence-corrected chi connectivity index (χ0v) is 16.0. The molecule has 0 unspecified atom stereocenters. The first-order valence-corrected chi connectivity index (χ1v) is 9.34. The summed E-state index contributed by atoms with van der Waals surface area (Å²) in [5.74, 6) is 3.57. The minimum Gasteiger partial charge on any atom is -0.490 e. The van der Waals surface area contributed by atoms with Crippen LogP contribution in [0.15, 0.2) is 23.8 Å². The molecule has 1 fully saturated rings. The maximum absolute atomic E-state index is 12.5. The van der Waals surface area contributed by atoms with E-state index in [1.54, 1.807) is 24.3 Å². The zero-order chi connectivity index (χ0) is 19.6. The third-order valence-electron chi connectivity index (χ3n) is 4.68. The van der Waals surface area contributed by atoms with Crippen molar-refractivity contribution in [3.05, 3.63) is 29.3 Å². The second kappa shape index (κ2) is 10.3. The van der Waals surface area contributed by atoms with Gasteiger partial charge in [-0.05, 0) is 49.5 Å². The van der Waals surface area contributed by atoms with Crippen molar-refractivity contribution in [2.75, 3.05) is 13.2 Å². The van der Waals surface area contributed by atoms with Crippen molar-refractivity contribution < 1.29 is 14.3 Å². The molecule has 1 aliphatic carbocycles. The molecule has 27 heavy (non-hydrogen) atoms. The SMILES string of the molecule is C#CCOc1ccc(/C=C(\C#N)C(=O)N[C@H]2CCCC[C@@H]2C)cc1OCC. The van der Waals surface area contributed by atoms with Crippen molar-refractivity contribution in [3.8, 4) is 29.9 Å². The summed E-state index contributed by atoms with van der Waals surface area (Å²) in [5, 5.41) is 12.5. The van der Waals surface area contributed by atoms with Gasteiger partial charge < -0.3 is 14.8 Å². The molecule has 142 valence electrons. The van der Waals surface area contributed by atoms with Gasteiger partial charge in [0.1, 0.15) is 18.2 Å². The highest BCUT2D eigenvalue weighted by molar-refractivity contribution is 6.01. The number of amides is 1. The predicted octanol–water partition coefficient (Wildman–Crippen LogP) is 3.70. The summed E-state index contributed by atoms with van der Waals surface area (Å²) < 4.78 is 11.0. The van der Waals surface area contributed by atoms with Crippen molar-refractivity contribution >= 4 is 12.0 Å². The molecule has 0 radical (unpaired) electrons. The Hall–Kier alpha value is -2.92. The quantitative estimate of drug-likeness (QED) is 0.454. The average Bonchev–Trinajstić information content (AvgIpc) is 2.67. The first-order valence-electron chi connectivity index (χ1n) is 9.34. The van der Waals surface area contributed by atoms with E-state index in [1.807, 2.05) is 13.0 Å². The number of terminal acetylenes is 1. The lowest BCUT2D eigenvalue weighted by Gasteiger charge is -2.29. The largest absolute Gasteiger partial charge is 0.490 e. The molecule has 0 aliphatic heterocycles. The number of ether oxygens (including phenoxy) is 2. The monoisotopic (exact) mass is 366 g/mol. The Morgan fingerprint density at radius 1 is 1.33 bits per heavy atom. The molecule has 1 aromatic carbocycles. The van der Waals surface area contributed by atoms with Gasteiger partial charge in [0, 0.05) is 6.04 Å². The highest BCUT2D eigenvalue weighted by Gasteiger charge is 2.24. The molecule has 1 saturated carbocycles. The second-order valence-corrected chi connectivity index (χ2v) is 6.64. The molecular weight excluding hydrogens is 340 g/mol. The number of hydrogen-bond acceptors (Lipinski definition) is 4. The number of benzene rings is 1. The van der Waals surface area contributed by atoms with Crippen LogP contribution in [0.5, 0.6) is 11.5 Å². The normalized spacial score (nSPS) is 19.5. The summed E-state index contributed by atoms with van der Waals surface area (Å²) in [6.07, 6.45) is 11.2. The molecule has 5 nitrogen and oxygen atoms in total. The maximum atomic E-state index is 12.5. The highest BCUT2D eigenvalue weighted by Crippen LogP contribution is 2.29. The van der Waals surface area contributed by atoms with E-state index in [1.165, 1.54) is 6.42 Å². The van der Waals surface area contributed by atoms with Gasteiger partial charge in [0.25, 0.3) is 5.91 Å². The maximum Gasteiger partial charge on any atom is 0.262 e. The number of carbonyl (C=O) groups is 1. The number of nitrogens with one attached hydrogen (secondary N) is 1. The lowest BCUT2D eigenvalue weighted by molar-refractivity contribution is -0.118. The molecule has 2 atom stereocenters. The number of nitrogens with zero attached hydrogens (tertiary/aromatic N) is 1. The molecule has 0 heterocycles. The Morgan fingerprint density at radius 3 is 2.78 bits per heavy atom. The van der Waals surface area contributed by atoms with Crippen molar-refractivity contribution in [2.45, 2.75) is 45.6 Å². The average molecular weight is 366 g/mol. The third-order valence-corrected chi connectivity index (χ3v) is 4.68. The number of rotatable bonds is 7. The summed E-state index contributed by atoms with van der Waals surface area (Å²) in [7, 11) is 0. The second-order valence-electron chi connectivity index (χ2n) is 6.64. The summed E-state index contributed by atoms with van der Waals surface area (Å²) >= 11 is 0. The Bertz CT molecular complexity index is 771. The van der Waals surface area contributed by atoms with Crippen LogP contribution >= 0.6 is 0 Å². The summed E-state index contributed by atoms with van der Waals surface area (Å²) in [5.41, 5.74) is 0.766. The van der Waals surface area contributed by atoms with Gasteiger partial charge in [-0.3, -0.25) is 4.79 Å². The Kier molecular flexibility index (Phi) is 7.77. The van der Waals surface area contributed by atoms with E-state index < -0.39 is 0 Å². The van der Waals surface area contributed by atoms with Crippen LogP contribution in [0.4, 0.5) is 0 Å². The Labute approximate surface area is 161 Å². The molecule has 1 aliphatic rings. The van der Waals surface area contributed by atoms with Crippen LogP contribution < -0.4 is 14.8 Å². The Balaban J connectivity index is 2.18. The fraction of sp³-hybridized carbons (Fsp3) is 0.455. The van der Waals surface area contributed by atoms with E-state index in [-0.39, 0.29) is 24.1 Å². The van der Waals surface area contributed by atoms with Crippen LogP contribution in [0.25, 0.3) is 6.08 Å². The molecule has 2 rings (SSSR count). The number of carbonyl (C=O) groups excluding carboxylic acids is 1. The van der Waals surface area contributed by atoms with Gasteiger partial charge in [-0.25, -0.2) is 0 Å². The molecule has 1 aromatic rings. The molecule has 0 aromatic heterocycles. The van der Waals surface area contributed by atoms with Gasteiger partial charge in [0.15, 0.2) is 11.5 Å². The smallest absolute Gasteiger partial charge is 0.262 e. The minimum atomic E-state index is -0.332. The van der Waals surface area contributed by atoms with Crippen molar-refractivity contribution in [1.82, 2.24) is 5.32 Å². The van der Waals surface area contributed by atoms with E-state index in [0.717, 1.165) is 19.3 Å². The molecule has 1 amide bonds. The minimum absolute atomic E-state index is 0.0764. The Morgan fingerprint density at radius 2 is 2.11 bits per heavy atom. The standard InChI is InChI=1S/C22H26N2O3/c1-4-12-27-20-11-10-17(14-21(20)26-5-2)13-18(15-23)22(25)24-19-9-7-6-8-16(19)3/h1,10-11,13-14,16,19H,5-9,12H2,2-3H3,(H,24,25)/b18-13+/t16-,19-/m0/s1. The van der Waals surface area contributed by atoms with E-state index in [0.29, 0.717) is 29.6 Å². The van der Waals surface area contributed by atoms with Crippen LogP contribution in [-0.2, 0) is 4.79 Å². The fourth-order valence-electron chi connectivity index (χ4n) is 3.21. The van der Waals surface area contributed by atoms with Crippen LogP contribution in [0.2, 0.25) is 0 Å². The van der Waals surface area contributed by atoms with Gasteiger partial charge in [-0.1, -0.05) is 31.8 Å². The molecule has 0 bridgehead atoms. The number of hydrogen-bond donors (Lipinski definition) is 1. The summed E-state index contributed by atoms with van der Waals surface area (Å²) in [6.45, 7) is 4.61. The zero-order valence-electron chi connectivity index (χ0n) is 16.0. The summed E-state index contributed by atoms with van der Waals surface area (Å²) in [4.78, 5) is 12.5. The lowest BCUT2D eigenvalue weighted by Crippen LogP contribution is -2.41. The highest BCUT2D eigenvalue weighted by atomic mass is 16.5. The van der Waals surface area contributed by atoms with Gasteiger partial charge in [0.05, 0.1) is 6.61 Å². The first-order chi connectivity index (χ1) is 13.1. The van der Waals surface area contributed by atoms with Crippen LogP contribution in [0, 0.1) is 29.6 Å². The fourth-order valence-corrected chi connectivity index (χ4v) is 3.21. The van der Waals surface area contributed by atoms with Crippen LogP contribution in [-0.4, -0.2) is 25.2 Å². The molecule has 1 N–H and O–H groups in total. The summed E-state index contributed by atoms with van der Waals surface area (Å²) in [6, 6.07) is 7.36. The molecular formula is C22H26N2O3.